The summed E-state index contributed by atoms with van der Waals surface area (Å²) in [6.45, 7) is 7.41. The van der Waals surface area contributed by atoms with Gasteiger partial charge < -0.3 is 9.84 Å². The van der Waals surface area contributed by atoms with Crippen molar-refractivity contribution < 1.29 is 14.2 Å². The van der Waals surface area contributed by atoms with E-state index in [0.29, 0.717) is 17.5 Å². The molecule has 2 aliphatic heterocycles. The molecule has 4 rings (SSSR count). The number of nitrogens with zero attached hydrogens (tertiary/aromatic N) is 4. The summed E-state index contributed by atoms with van der Waals surface area (Å²) in [7, 11) is 0. The summed E-state index contributed by atoms with van der Waals surface area (Å²) < 4.78 is 21.0. The highest BCUT2D eigenvalue weighted by atomic mass is 19.1. The molecule has 1 aromatic heterocycles. The highest BCUT2D eigenvalue weighted by Gasteiger charge is 2.33. The van der Waals surface area contributed by atoms with Gasteiger partial charge in [-0.3, -0.25) is 9.80 Å². The Hall–Kier alpha value is -1.80. The lowest BCUT2D eigenvalue weighted by Gasteiger charge is -2.30. The molecule has 0 saturated carbocycles. The maximum Gasteiger partial charge on any atom is 0.148 e. The van der Waals surface area contributed by atoms with Crippen LogP contribution in [0.3, 0.4) is 0 Å². The summed E-state index contributed by atoms with van der Waals surface area (Å²) >= 11 is 0. The van der Waals surface area contributed by atoms with Crippen LogP contribution in [0.15, 0.2) is 36.7 Å². The third kappa shape index (κ3) is 4.38. The summed E-state index contributed by atoms with van der Waals surface area (Å²) in [6, 6.07) is 6.65. The van der Waals surface area contributed by atoms with E-state index >= 15 is 0 Å². The SMILES string of the molecule is OC[C@H]1CN(Cc2cnn(-c3ccccc3F)c2)C[C@H]1CN1CCOCC1. The van der Waals surface area contributed by atoms with Crippen molar-refractivity contribution in [3.05, 3.63) is 48.0 Å². The van der Waals surface area contributed by atoms with Crippen LogP contribution in [-0.2, 0) is 11.3 Å². The highest BCUT2D eigenvalue weighted by Crippen LogP contribution is 2.26. The first kappa shape index (κ1) is 18.6. The van der Waals surface area contributed by atoms with Crippen LogP contribution >= 0.6 is 0 Å². The van der Waals surface area contributed by atoms with Crippen molar-refractivity contribution in [3.8, 4) is 5.69 Å². The molecular formula is C20H27FN4O2. The Bertz CT molecular complexity index is 747. The van der Waals surface area contributed by atoms with Crippen molar-refractivity contribution in [1.29, 1.82) is 0 Å². The number of ether oxygens (including phenoxy) is 1. The fraction of sp³-hybridized carbons (Fsp3) is 0.550. The van der Waals surface area contributed by atoms with E-state index in [1.807, 2.05) is 12.3 Å². The van der Waals surface area contributed by atoms with Gasteiger partial charge in [-0.25, -0.2) is 9.07 Å². The zero-order chi connectivity index (χ0) is 18.6. The Morgan fingerprint density at radius 3 is 2.67 bits per heavy atom. The molecular weight excluding hydrogens is 347 g/mol. The molecule has 6 nitrogen and oxygen atoms in total. The Balaban J connectivity index is 1.38. The number of hydrogen-bond donors (Lipinski definition) is 1. The molecule has 146 valence electrons. The van der Waals surface area contributed by atoms with E-state index < -0.39 is 0 Å². The lowest BCUT2D eigenvalue weighted by atomic mass is 9.96. The van der Waals surface area contributed by atoms with Crippen LogP contribution in [-0.4, -0.2) is 77.2 Å². The van der Waals surface area contributed by atoms with Crippen LogP contribution in [0.5, 0.6) is 0 Å². The smallest absolute Gasteiger partial charge is 0.148 e. The Morgan fingerprint density at radius 2 is 1.89 bits per heavy atom. The molecule has 0 aliphatic carbocycles. The average Bonchev–Trinajstić information content (AvgIpc) is 3.30. The summed E-state index contributed by atoms with van der Waals surface area (Å²) in [5.74, 6) is 0.489. The van der Waals surface area contributed by atoms with Crippen LogP contribution in [0.25, 0.3) is 5.69 Å². The zero-order valence-electron chi connectivity index (χ0n) is 15.5. The van der Waals surface area contributed by atoms with Crippen molar-refractivity contribution in [2.75, 3.05) is 52.5 Å². The number of rotatable bonds is 6. The van der Waals surface area contributed by atoms with Crippen molar-refractivity contribution in [3.63, 3.8) is 0 Å². The second kappa shape index (κ2) is 8.48. The maximum atomic E-state index is 13.9. The van der Waals surface area contributed by atoms with Gasteiger partial charge in [0, 0.05) is 57.6 Å². The third-order valence-corrected chi connectivity index (χ3v) is 5.62. The second-order valence-corrected chi connectivity index (χ2v) is 7.55. The Morgan fingerprint density at radius 1 is 1.11 bits per heavy atom. The highest BCUT2D eigenvalue weighted by molar-refractivity contribution is 5.32. The minimum Gasteiger partial charge on any atom is -0.396 e. The molecule has 1 N–H and O–H groups in total. The summed E-state index contributed by atoms with van der Waals surface area (Å²) in [6.07, 6.45) is 3.69. The van der Waals surface area contributed by atoms with Gasteiger partial charge in [0.05, 0.1) is 19.4 Å². The first-order valence-corrected chi connectivity index (χ1v) is 9.64. The molecule has 27 heavy (non-hydrogen) atoms. The van der Waals surface area contributed by atoms with Crippen LogP contribution in [0.1, 0.15) is 5.56 Å². The van der Waals surface area contributed by atoms with Crippen molar-refractivity contribution in [1.82, 2.24) is 19.6 Å². The van der Waals surface area contributed by atoms with Gasteiger partial charge >= 0.3 is 0 Å². The molecule has 0 spiro atoms. The molecule has 2 saturated heterocycles. The predicted octanol–water partition coefficient (Wildman–Crippen LogP) is 1.38. The van der Waals surface area contributed by atoms with Gasteiger partial charge in [0.15, 0.2) is 0 Å². The predicted molar refractivity (Wildman–Crippen MR) is 100 cm³/mol. The number of morpholine rings is 1. The van der Waals surface area contributed by atoms with Gasteiger partial charge in [-0.2, -0.15) is 5.10 Å². The maximum absolute atomic E-state index is 13.9. The van der Waals surface area contributed by atoms with Crippen LogP contribution in [0, 0.1) is 17.7 Å². The van der Waals surface area contributed by atoms with E-state index in [9.17, 15) is 9.50 Å². The van der Waals surface area contributed by atoms with E-state index in [0.717, 1.165) is 58.0 Å². The number of para-hydroxylation sites is 1. The monoisotopic (exact) mass is 374 g/mol. The molecule has 2 atom stereocenters. The average molecular weight is 374 g/mol. The standard InChI is InChI=1S/C20H27FN4O2/c21-19-3-1-2-4-20(19)25-11-16(9-22-25)10-24-13-17(18(14-24)15-26)12-23-5-7-27-8-6-23/h1-4,9,11,17-18,26H,5-8,10,12-15H2/t17-,18-/m1/s1. The molecule has 7 heteroatoms. The number of hydrogen-bond acceptors (Lipinski definition) is 5. The minimum atomic E-state index is -0.278. The van der Waals surface area contributed by atoms with Gasteiger partial charge in [0.1, 0.15) is 11.5 Å². The van der Waals surface area contributed by atoms with Gasteiger partial charge in [0.25, 0.3) is 0 Å². The first-order chi connectivity index (χ1) is 13.2. The summed E-state index contributed by atoms with van der Waals surface area (Å²) in [5, 5.41) is 14.1. The van der Waals surface area contributed by atoms with Gasteiger partial charge in [-0.15, -0.1) is 0 Å². The fourth-order valence-corrected chi connectivity index (χ4v) is 4.16. The lowest BCUT2D eigenvalue weighted by Crippen LogP contribution is -2.41. The Labute approximate surface area is 159 Å². The second-order valence-electron chi connectivity index (χ2n) is 7.55. The quantitative estimate of drug-likeness (QED) is 0.828. The Kier molecular flexibility index (Phi) is 5.83. The number of likely N-dealkylation sites (tertiary alicyclic amines) is 1. The molecule has 0 radical (unpaired) electrons. The van der Waals surface area contributed by atoms with E-state index in [1.165, 1.54) is 6.07 Å². The zero-order valence-corrected chi connectivity index (χ0v) is 15.5. The molecule has 2 aliphatic rings. The van der Waals surface area contributed by atoms with Crippen molar-refractivity contribution in [2.24, 2.45) is 11.8 Å². The topological polar surface area (TPSA) is 53.8 Å². The first-order valence-electron chi connectivity index (χ1n) is 9.64. The van der Waals surface area contributed by atoms with Crippen LogP contribution < -0.4 is 0 Å². The summed E-state index contributed by atoms with van der Waals surface area (Å²) in [4.78, 5) is 4.81. The number of aromatic nitrogens is 2. The molecule has 0 amide bonds. The van der Waals surface area contributed by atoms with Crippen molar-refractivity contribution >= 4 is 0 Å². The molecule has 0 bridgehead atoms. The lowest BCUT2D eigenvalue weighted by molar-refractivity contribution is 0.0264. The van der Waals surface area contributed by atoms with Gasteiger partial charge in [-0.05, 0) is 24.0 Å². The summed E-state index contributed by atoms with van der Waals surface area (Å²) in [5.41, 5.74) is 1.52. The van der Waals surface area contributed by atoms with Gasteiger partial charge in [0.2, 0.25) is 0 Å². The van der Waals surface area contributed by atoms with Crippen molar-refractivity contribution in [2.45, 2.75) is 6.54 Å². The third-order valence-electron chi connectivity index (χ3n) is 5.62. The molecule has 3 heterocycles. The fourth-order valence-electron chi connectivity index (χ4n) is 4.16. The molecule has 2 fully saturated rings. The molecule has 2 aromatic rings. The number of aliphatic hydroxyl groups is 1. The molecule has 1 aromatic carbocycles. The van der Waals surface area contributed by atoms with E-state index in [2.05, 4.69) is 14.9 Å². The van der Waals surface area contributed by atoms with Crippen LogP contribution in [0.2, 0.25) is 0 Å². The molecule has 0 unspecified atom stereocenters. The minimum absolute atomic E-state index is 0.222. The van der Waals surface area contributed by atoms with E-state index in [4.69, 9.17) is 4.74 Å². The number of halogens is 1. The van der Waals surface area contributed by atoms with Crippen LogP contribution in [0.4, 0.5) is 4.39 Å². The van der Waals surface area contributed by atoms with E-state index in [-0.39, 0.29) is 12.4 Å². The number of aliphatic hydroxyl groups excluding tert-OH is 1. The van der Waals surface area contributed by atoms with E-state index in [1.54, 1.807) is 23.0 Å². The largest absolute Gasteiger partial charge is 0.396 e. The van der Waals surface area contributed by atoms with Gasteiger partial charge in [-0.1, -0.05) is 12.1 Å². The normalized spacial score (nSPS) is 24.5. The number of benzene rings is 1.